The number of hydrogen-bond donors (Lipinski definition) is 1. The van der Waals surface area contributed by atoms with Gasteiger partial charge in [0.1, 0.15) is 6.61 Å². The molecular formula is C30H56O5. The highest BCUT2D eigenvalue weighted by atomic mass is 16.6. The molecule has 0 fully saturated rings. The van der Waals surface area contributed by atoms with Gasteiger partial charge in [-0.3, -0.25) is 9.59 Å². The van der Waals surface area contributed by atoms with E-state index in [0.717, 1.165) is 44.9 Å². The molecule has 5 heteroatoms. The molecule has 0 aliphatic carbocycles. The van der Waals surface area contributed by atoms with Gasteiger partial charge < -0.3 is 14.6 Å². The number of rotatable bonds is 26. The van der Waals surface area contributed by atoms with Crippen LogP contribution in [0.2, 0.25) is 0 Å². The first-order valence-electron chi connectivity index (χ1n) is 14.7. The maximum Gasteiger partial charge on any atom is 0.306 e. The second-order valence-corrected chi connectivity index (χ2v) is 9.83. The fourth-order valence-corrected chi connectivity index (χ4v) is 4.02. The summed E-state index contributed by atoms with van der Waals surface area (Å²) in [5.74, 6) is -0.606. The maximum atomic E-state index is 12.0. The molecule has 35 heavy (non-hydrogen) atoms. The summed E-state index contributed by atoms with van der Waals surface area (Å²) in [5, 5.41) is 9.43. The summed E-state index contributed by atoms with van der Waals surface area (Å²) in [6.07, 6.45) is 26.9. The summed E-state index contributed by atoms with van der Waals surface area (Å²) in [4.78, 5) is 23.9. The van der Waals surface area contributed by atoms with Crippen molar-refractivity contribution in [1.82, 2.24) is 0 Å². The molecule has 0 aromatic carbocycles. The van der Waals surface area contributed by atoms with Crippen LogP contribution in [0.4, 0.5) is 0 Å². The molecule has 0 aromatic heterocycles. The van der Waals surface area contributed by atoms with E-state index in [1.54, 1.807) is 0 Å². The Balaban J connectivity index is 3.61. The molecule has 0 unspecified atom stereocenters. The fraction of sp³-hybridized carbons (Fsp3) is 0.867. The highest BCUT2D eigenvalue weighted by Crippen LogP contribution is 2.11. The summed E-state index contributed by atoms with van der Waals surface area (Å²) in [7, 11) is 0. The Hall–Kier alpha value is -1.36. The molecule has 0 heterocycles. The van der Waals surface area contributed by atoms with Gasteiger partial charge in [0.2, 0.25) is 0 Å². The lowest BCUT2D eigenvalue weighted by Gasteiger charge is -2.15. The summed E-state index contributed by atoms with van der Waals surface area (Å²) in [6, 6.07) is 0. The molecule has 0 aliphatic heterocycles. The Labute approximate surface area is 216 Å². The van der Waals surface area contributed by atoms with Crippen LogP contribution in [0, 0.1) is 0 Å². The lowest BCUT2D eigenvalue weighted by molar-refractivity contribution is -0.161. The molecule has 0 radical (unpaired) electrons. The summed E-state index contributed by atoms with van der Waals surface area (Å²) in [5.41, 5.74) is 0. The van der Waals surface area contributed by atoms with E-state index >= 15 is 0 Å². The molecule has 1 N–H and O–H groups in total. The summed E-state index contributed by atoms with van der Waals surface area (Å²) >= 11 is 0. The number of aliphatic hydroxyl groups excluding tert-OH is 1. The molecule has 0 rings (SSSR count). The van der Waals surface area contributed by atoms with Gasteiger partial charge in [-0.2, -0.15) is 0 Å². The van der Waals surface area contributed by atoms with Crippen LogP contribution in [0.5, 0.6) is 0 Å². The SMILES string of the molecule is CCCCCC/C=C/CCCCCCCC(=O)O[C@@H](CO)COC(=O)CCCCCCCCCC. The van der Waals surface area contributed by atoms with E-state index in [1.165, 1.54) is 77.0 Å². The number of esters is 2. The van der Waals surface area contributed by atoms with E-state index in [1.807, 2.05) is 0 Å². The minimum Gasteiger partial charge on any atom is -0.462 e. The normalized spacial score (nSPS) is 12.2. The van der Waals surface area contributed by atoms with Gasteiger partial charge in [-0.25, -0.2) is 0 Å². The van der Waals surface area contributed by atoms with Crippen molar-refractivity contribution in [2.45, 2.75) is 155 Å². The molecular weight excluding hydrogens is 440 g/mol. The van der Waals surface area contributed by atoms with Gasteiger partial charge in [0.15, 0.2) is 6.10 Å². The number of hydrogen-bond acceptors (Lipinski definition) is 5. The summed E-state index contributed by atoms with van der Waals surface area (Å²) in [6.45, 7) is 4.06. The zero-order valence-corrected chi connectivity index (χ0v) is 23.1. The van der Waals surface area contributed by atoms with E-state index in [9.17, 15) is 14.7 Å². The van der Waals surface area contributed by atoms with Crippen LogP contribution in [0.3, 0.4) is 0 Å². The van der Waals surface area contributed by atoms with Crippen LogP contribution in [0.15, 0.2) is 12.2 Å². The third kappa shape index (κ3) is 25.5. The van der Waals surface area contributed by atoms with E-state index in [-0.39, 0.29) is 25.2 Å². The van der Waals surface area contributed by atoms with Crippen LogP contribution >= 0.6 is 0 Å². The topological polar surface area (TPSA) is 72.8 Å². The highest BCUT2D eigenvalue weighted by molar-refractivity contribution is 5.70. The Bertz CT molecular complexity index is 503. The van der Waals surface area contributed by atoms with Gasteiger partial charge >= 0.3 is 11.9 Å². The van der Waals surface area contributed by atoms with Gasteiger partial charge in [-0.15, -0.1) is 0 Å². The first kappa shape index (κ1) is 33.6. The van der Waals surface area contributed by atoms with Crippen LogP contribution in [-0.2, 0) is 19.1 Å². The van der Waals surface area contributed by atoms with Gasteiger partial charge in [-0.1, -0.05) is 109 Å². The van der Waals surface area contributed by atoms with Crippen molar-refractivity contribution >= 4 is 11.9 Å². The van der Waals surface area contributed by atoms with Gasteiger partial charge in [0.05, 0.1) is 6.61 Å². The van der Waals surface area contributed by atoms with Crippen molar-refractivity contribution in [1.29, 1.82) is 0 Å². The van der Waals surface area contributed by atoms with Gasteiger partial charge in [0.25, 0.3) is 0 Å². The fourth-order valence-electron chi connectivity index (χ4n) is 4.02. The number of carbonyl (C=O) groups excluding carboxylic acids is 2. The lowest BCUT2D eigenvalue weighted by Crippen LogP contribution is -2.28. The Morgan fingerprint density at radius 2 is 1.06 bits per heavy atom. The molecule has 0 amide bonds. The third-order valence-corrected chi connectivity index (χ3v) is 6.31. The molecule has 206 valence electrons. The van der Waals surface area contributed by atoms with Crippen molar-refractivity contribution < 1.29 is 24.2 Å². The van der Waals surface area contributed by atoms with E-state index < -0.39 is 6.10 Å². The van der Waals surface area contributed by atoms with Crippen LogP contribution < -0.4 is 0 Å². The molecule has 0 aromatic rings. The van der Waals surface area contributed by atoms with E-state index in [2.05, 4.69) is 26.0 Å². The predicted octanol–water partition coefficient (Wildman–Crippen LogP) is 8.22. The number of ether oxygens (including phenoxy) is 2. The van der Waals surface area contributed by atoms with Crippen LogP contribution in [0.1, 0.15) is 149 Å². The zero-order chi connectivity index (χ0) is 25.8. The predicted molar refractivity (Wildman–Crippen MR) is 145 cm³/mol. The molecule has 0 spiro atoms. The smallest absolute Gasteiger partial charge is 0.306 e. The first-order valence-corrected chi connectivity index (χ1v) is 14.7. The lowest BCUT2D eigenvalue weighted by atomic mass is 10.1. The van der Waals surface area contributed by atoms with Crippen molar-refractivity contribution in [3.05, 3.63) is 12.2 Å². The van der Waals surface area contributed by atoms with Crippen LogP contribution in [0.25, 0.3) is 0 Å². The average molecular weight is 497 g/mol. The van der Waals surface area contributed by atoms with Crippen molar-refractivity contribution in [3.8, 4) is 0 Å². The molecule has 1 atom stereocenters. The maximum absolute atomic E-state index is 12.0. The van der Waals surface area contributed by atoms with Crippen molar-refractivity contribution in [3.63, 3.8) is 0 Å². The molecule has 0 saturated carbocycles. The quantitative estimate of drug-likeness (QED) is 0.0741. The largest absolute Gasteiger partial charge is 0.462 e. The number of allylic oxidation sites excluding steroid dienone is 2. The zero-order valence-electron chi connectivity index (χ0n) is 23.1. The van der Waals surface area contributed by atoms with Crippen LogP contribution in [-0.4, -0.2) is 36.4 Å². The highest BCUT2D eigenvalue weighted by Gasteiger charge is 2.16. The average Bonchev–Trinajstić information content (AvgIpc) is 2.86. The Morgan fingerprint density at radius 3 is 1.57 bits per heavy atom. The number of unbranched alkanes of at least 4 members (excludes halogenated alkanes) is 16. The Morgan fingerprint density at radius 1 is 0.629 bits per heavy atom. The Kier molecular flexibility index (Phi) is 26.2. The minimum absolute atomic E-state index is 0.0653. The summed E-state index contributed by atoms with van der Waals surface area (Å²) < 4.78 is 10.5. The molecule has 5 nitrogen and oxygen atoms in total. The minimum atomic E-state index is -0.765. The second kappa shape index (κ2) is 27.2. The number of carbonyl (C=O) groups is 2. The second-order valence-electron chi connectivity index (χ2n) is 9.83. The molecule has 0 saturated heterocycles. The third-order valence-electron chi connectivity index (χ3n) is 6.31. The monoisotopic (exact) mass is 496 g/mol. The van der Waals surface area contributed by atoms with Gasteiger partial charge in [0, 0.05) is 12.8 Å². The first-order chi connectivity index (χ1) is 17.1. The van der Waals surface area contributed by atoms with Crippen molar-refractivity contribution in [2.24, 2.45) is 0 Å². The van der Waals surface area contributed by atoms with Gasteiger partial charge in [-0.05, 0) is 38.5 Å². The number of aliphatic hydroxyl groups is 1. The van der Waals surface area contributed by atoms with E-state index in [0.29, 0.717) is 12.8 Å². The van der Waals surface area contributed by atoms with E-state index in [4.69, 9.17) is 9.47 Å². The molecule has 0 aliphatic rings. The van der Waals surface area contributed by atoms with Crippen molar-refractivity contribution in [2.75, 3.05) is 13.2 Å². The molecule has 0 bridgehead atoms. The standard InChI is InChI=1S/C30H56O5/c1-3-5-7-9-11-13-14-15-16-17-19-21-23-25-30(33)35-28(26-31)27-34-29(32)24-22-20-18-12-10-8-6-4-2/h13-14,28,31H,3-12,15-27H2,1-2H3/b14-13+/t28-/m0/s1.